The second-order valence-corrected chi connectivity index (χ2v) is 4.92. The van der Waals surface area contributed by atoms with E-state index in [0.29, 0.717) is 5.92 Å². The monoisotopic (exact) mass is 194 g/mol. The van der Waals surface area contributed by atoms with Crippen LogP contribution in [0.4, 0.5) is 0 Å². The molecule has 0 saturated carbocycles. The Morgan fingerprint density at radius 2 is 2.14 bits per heavy atom. The Morgan fingerprint density at radius 3 is 2.79 bits per heavy atom. The molecule has 0 amide bonds. The summed E-state index contributed by atoms with van der Waals surface area (Å²) in [5, 5.41) is 0. The van der Waals surface area contributed by atoms with Crippen molar-refractivity contribution in [3.63, 3.8) is 0 Å². The molecule has 0 aromatic rings. The summed E-state index contributed by atoms with van der Waals surface area (Å²) in [7, 11) is 0. The molecule has 0 radical (unpaired) electrons. The molecule has 14 heavy (non-hydrogen) atoms. The third-order valence-corrected chi connectivity index (χ3v) is 4.27. The first kappa shape index (κ1) is 10.2. The topological polar surface area (TPSA) is 9.23 Å². The van der Waals surface area contributed by atoms with Gasteiger partial charge in [-0.05, 0) is 38.5 Å². The standard InChI is InChI=1S/C13H22O/c1-4-13(5-2)12-8-10(3)6-7-11(12)9-14-13/h8,11-12H,4-7,9H2,1-3H3. The summed E-state index contributed by atoms with van der Waals surface area (Å²) in [6, 6.07) is 0. The van der Waals surface area contributed by atoms with Gasteiger partial charge in [-0.1, -0.05) is 25.5 Å². The van der Waals surface area contributed by atoms with Gasteiger partial charge < -0.3 is 4.74 Å². The maximum absolute atomic E-state index is 6.09. The lowest BCUT2D eigenvalue weighted by molar-refractivity contribution is -0.0182. The SMILES string of the molecule is CCC1(CC)OCC2CCC(C)=CC21. The molecule has 80 valence electrons. The zero-order valence-corrected chi connectivity index (χ0v) is 9.68. The van der Waals surface area contributed by atoms with Crippen LogP contribution in [-0.2, 0) is 4.74 Å². The molecule has 1 saturated heterocycles. The summed E-state index contributed by atoms with van der Waals surface area (Å²) in [6.07, 6.45) is 7.44. The van der Waals surface area contributed by atoms with E-state index in [2.05, 4.69) is 26.8 Å². The van der Waals surface area contributed by atoms with Gasteiger partial charge in [-0.25, -0.2) is 0 Å². The van der Waals surface area contributed by atoms with Crippen molar-refractivity contribution in [2.75, 3.05) is 6.61 Å². The molecule has 1 aliphatic heterocycles. The molecule has 0 N–H and O–H groups in total. The fourth-order valence-corrected chi connectivity index (χ4v) is 3.18. The zero-order chi connectivity index (χ0) is 10.2. The molecule has 1 heteroatoms. The average molecular weight is 194 g/mol. The molecule has 1 heterocycles. The summed E-state index contributed by atoms with van der Waals surface area (Å²) in [6.45, 7) is 7.80. The normalized spacial score (nSPS) is 35.2. The van der Waals surface area contributed by atoms with Crippen LogP contribution in [0.2, 0.25) is 0 Å². The molecule has 2 rings (SSSR count). The zero-order valence-electron chi connectivity index (χ0n) is 9.68. The van der Waals surface area contributed by atoms with Gasteiger partial charge in [-0.3, -0.25) is 0 Å². The third-order valence-electron chi connectivity index (χ3n) is 4.27. The number of hydrogen-bond donors (Lipinski definition) is 0. The second kappa shape index (κ2) is 3.69. The van der Waals surface area contributed by atoms with E-state index in [1.807, 2.05) is 0 Å². The van der Waals surface area contributed by atoms with Crippen LogP contribution in [0.15, 0.2) is 11.6 Å². The highest BCUT2D eigenvalue weighted by Crippen LogP contribution is 2.46. The van der Waals surface area contributed by atoms with Crippen molar-refractivity contribution < 1.29 is 4.74 Å². The van der Waals surface area contributed by atoms with E-state index in [1.165, 1.54) is 12.8 Å². The highest BCUT2D eigenvalue weighted by atomic mass is 16.5. The van der Waals surface area contributed by atoms with E-state index in [9.17, 15) is 0 Å². The minimum absolute atomic E-state index is 0.173. The lowest BCUT2D eigenvalue weighted by Gasteiger charge is -2.34. The van der Waals surface area contributed by atoms with E-state index in [4.69, 9.17) is 4.74 Å². The van der Waals surface area contributed by atoms with Gasteiger partial charge in [0.1, 0.15) is 0 Å². The van der Waals surface area contributed by atoms with E-state index in [-0.39, 0.29) is 5.60 Å². The van der Waals surface area contributed by atoms with Gasteiger partial charge in [-0.15, -0.1) is 0 Å². The number of hydrogen-bond acceptors (Lipinski definition) is 1. The van der Waals surface area contributed by atoms with E-state index in [0.717, 1.165) is 25.4 Å². The van der Waals surface area contributed by atoms with Crippen molar-refractivity contribution >= 4 is 0 Å². The molecule has 0 bridgehead atoms. The Kier molecular flexibility index (Phi) is 2.70. The van der Waals surface area contributed by atoms with Crippen LogP contribution in [0.1, 0.15) is 46.5 Å². The smallest absolute Gasteiger partial charge is 0.0743 e. The molecular formula is C13H22O. The summed E-state index contributed by atoms with van der Waals surface area (Å²) in [5.41, 5.74) is 1.75. The lowest BCUT2D eigenvalue weighted by atomic mass is 9.72. The minimum Gasteiger partial charge on any atom is -0.374 e. The molecule has 1 fully saturated rings. The minimum atomic E-state index is 0.173. The number of rotatable bonds is 2. The lowest BCUT2D eigenvalue weighted by Crippen LogP contribution is -2.35. The molecule has 0 aromatic carbocycles. The maximum atomic E-state index is 6.09. The van der Waals surface area contributed by atoms with E-state index >= 15 is 0 Å². The van der Waals surface area contributed by atoms with Crippen LogP contribution >= 0.6 is 0 Å². The average Bonchev–Trinajstić information content (AvgIpc) is 2.57. The van der Waals surface area contributed by atoms with Gasteiger partial charge in [-0.2, -0.15) is 0 Å². The summed E-state index contributed by atoms with van der Waals surface area (Å²) < 4.78 is 6.09. The predicted octanol–water partition coefficient (Wildman–Crippen LogP) is 3.55. The van der Waals surface area contributed by atoms with Crippen LogP contribution < -0.4 is 0 Å². The van der Waals surface area contributed by atoms with Crippen LogP contribution in [0.3, 0.4) is 0 Å². The fraction of sp³-hybridized carbons (Fsp3) is 0.846. The molecule has 2 aliphatic rings. The predicted molar refractivity (Wildman–Crippen MR) is 59.2 cm³/mol. The third kappa shape index (κ3) is 1.42. The first-order valence-corrected chi connectivity index (χ1v) is 6.03. The number of allylic oxidation sites excluding steroid dienone is 1. The van der Waals surface area contributed by atoms with Crippen LogP contribution in [0, 0.1) is 11.8 Å². The van der Waals surface area contributed by atoms with Gasteiger partial charge in [0.25, 0.3) is 0 Å². The first-order chi connectivity index (χ1) is 6.72. The summed E-state index contributed by atoms with van der Waals surface area (Å²) in [5.74, 6) is 1.50. The quantitative estimate of drug-likeness (QED) is 0.611. The van der Waals surface area contributed by atoms with Crippen molar-refractivity contribution in [1.29, 1.82) is 0 Å². The van der Waals surface area contributed by atoms with Gasteiger partial charge in [0.2, 0.25) is 0 Å². The molecule has 2 unspecified atom stereocenters. The van der Waals surface area contributed by atoms with Crippen molar-refractivity contribution in [2.45, 2.75) is 52.1 Å². The number of fused-ring (bicyclic) bond motifs is 1. The molecule has 0 aromatic heterocycles. The van der Waals surface area contributed by atoms with Crippen molar-refractivity contribution in [3.8, 4) is 0 Å². The van der Waals surface area contributed by atoms with Crippen molar-refractivity contribution in [1.82, 2.24) is 0 Å². The number of ether oxygens (including phenoxy) is 1. The summed E-state index contributed by atoms with van der Waals surface area (Å²) >= 11 is 0. The Bertz CT molecular complexity index is 238. The van der Waals surface area contributed by atoms with Gasteiger partial charge >= 0.3 is 0 Å². The van der Waals surface area contributed by atoms with Gasteiger partial charge in [0.05, 0.1) is 12.2 Å². The maximum Gasteiger partial charge on any atom is 0.0743 e. The fourth-order valence-electron chi connectivity index (χ4n) is 3.18. The van der Waals surface area contributed by atoms with Gasteiger partial charge in [0, 0.05) is 5.92 Å². The van der Waals surface area contributed by atoms with Crippen LogP contribution in [0.25, 0.3) is 0 Å². The Balaban J connectivity index is 2.26. The molecular weight excluding hydrogens is 172 g/mol. The molecule has 0 spiro atoms. The molecule has 1 aliphatic carbocycles. The van der Waals surface area contributed by atoms with Gasteiger partial charge in [0.15, 0.2) is 0 Å². The highest BCUT2D eigenvalue weighted by Gasteiger charge is 2.46. The largest absolute Gasteiger partial charge is 0.374 e. The van der Waals surface area contributed by atoms with Crippen LogP contribution in [0.5, 0.6) is 0 Å². The molecule has 1 nitrogen and oxygen atoms in total. The Labute approximate surface area is 87.5 Å². The van der Waals surface area contributed by atoms with Crippen molar-refractivity contribution in [2.24, 2.45) is 11.8 Å². The second-order valence-electron chi connectivity index (χ2n) is 4.92. The van der Waals surface area contributed by atoms with E-state index < -0.39 is 0 Å². The highest BCUT2D eigenvalue weighted by molar-refractivity contribution is 5.14. The Hall–Kier alpha value is -0.300. The summed E-state index contributed by atoms with van der Waals surface area (Å²) in [4.78, 5) is 0. The Morgan fingerprint density at radius 1 is 1.43 bits per heavy atom. The van der Waals surface area contributed by atoms with Crippen molar-refractivity contribution in [3.05, 3.63) is 11.6 Å². The first-order valence-electron chi connectivity index (χ1n) is 6.03. The van der Waals surface area contributed by atoms with Crippen LogP contribution in [-0.4, -0.2) is 12.2 Å². The molecule has 2 atom stereocenters. The van der Waals surface area contributed by atoms with E-state index in [1.54, 1.807) is 5.57 Å².